The maximum atomic E-state index is 12.8. The number of carboxylic acids is 1. The van der Waals surface area contributed by atoms with Crippen LogP contribution >= 0.6 is 0 Å². The molecule has 2 aliphatic rings. The van der Waals surface area contributed by atoms with Gasteiger partial charge in [-0.3, -0.25) is 4.79 Å². The predicted octanol–water partition coefficient (Wildman–Crippen LogP) is 8.09. The van der Waals surface area contributed by atoms with Crippen molar-refractivity contribution in [3.63, 3.8) is 0 Å². The van der Waals surface area contributed by atoms with Crippen molar-refractivity contribution in [3.05, 3.63) is 83.9 Å². The van der Waals surface area contributed by atoms with E-state index in [4.69, 9.17) is 16.8 Å². The molecule has 6 rings (SSSR count). The number of aromatic hydroxyl groups is 2. The molecular weight excluding hydrogens is 675 g/mol. The number of benzene rings is 4. The fraction of sp³-hybridized carbons (Fsp3) is 0.500. The van der Waals surface area contributed by atoms with E-state index in [1.165, 1.54) is 50.9 Å². The number of aromatic carboxylic acids is 1. The predicted molar refractivity (Wildman–Crippen MR) is 227 cm³/mol. The Bertz CT molecular complexity index is 1800. The lowest BCUT2D eigenvalue weighted by atomic mass is 9.97. The molecule has 0 aliphatic carbocycles. The summed E-state index contributed by atoms with van der Waals surface area (Å²) < 4.78 is 20.0. The minimum Gasteiger partial charge on any atom is -0.508 e. The monoisotopic (exact) mass is 746 g/mol. The number of nitrogens with two attached hydrogens (primary N) is 1. The largest absolute Gasteiger partial charge is 0.508 e. The van der Waals surface area contributed by atoms with Crippen LogP contribution in [0.4, 0.5) is 0 Å². The quantitative estimate of drug-likeness (QED) is 0.108. The van der Waals surface area contributed by atoms with Crippen molar-refractivity contribution in [1.29, 1.82) is 0 Å². The first-order valence-electron chi connectivity index (χ1n) is 21.4. The van der Waals surface area contributed by atoms with Crippen LogP contribution in [0.5, 0.6) is 11.5 Å². The summed E-state index contributed by atoms with van der Waals surface area (Å²) >= 11 is 0. The third-order valence-electron chi connectivity index (χ3n) is 10.8. The fourth-order valence-corrected chi connectivity index (χ4v) is 6.69. The second-order valence-corrected chi connectivity index (χ2v) is 16.0. The number of phenols is 2. The van der Waals surface area contributed by atoms with Crippen LogP contribution in [-0.4, -0.2) is 96.8 Å². The second-order valence-electron chi connectivity index (χ2n) is 16.0. The van der Waals surface area contributed by atoms with Crippen molar-refractivity contribution < 1.29 is 30.8 Å². The highest BCUT2D eigenvalue weighted by Gasteiger charge is 2.23. The second kappa shape index (κ2) is 21.1. The molecule has 0 unspecified atom stereocenters. The van der Waals surface area contributed by atoms with Crippen LogP contribution in [0.2, 0.25) is 0 Å². The molecule has 2 aliphatic heterocycles. The Kier molecular flexibility index (Phi) is 16.0. The van der Waals surface area contributed by atoms with Crippen molar-refractivity contribution in [2.45, 2.75) is 79.3 Å². The average Bonchev–Trinajstić information content (AvgIpc) is 3.20. The molecule has 9 nitrogen and oxygen atoms in total. The molecule has 2 heterocycles. The maximum absolute atomic E-state index is 12.8. The van der Waals surface area contributed by atoms with Gasteiger partial charge in [-0.1, -0.05) is 65.8 Å². The molecule has 4 aromatic carbocycles. The Balaban J connectivity index is 0.000000447. The van der Waals surface area contributed by atoms with Gasteiger partial charge in [-0.15, -0.1) is 0 Å². The van der Waals surface area contributed by atoms with Crippen molar-refractivity contribution >= 4 is 41.8 Å². The number of rotatable bonds is 9. The standard InChI is InChI=1S/C22H30N2O2.C11H24N2.C11H8O3.B.2H2/c1-15(2)21(14-24-10-8-16(3)9-11-24)23-22(26)19-5-4-18-13-20(25)7-6-17(18)12-19;1-9(2)11(12)8-13-6-4-10(3)5-7-13;12-10-4-3-7-5-9(11(13)14)2-1-8(7)6-10;;;/h4-7,12-13,15-16,21,25H,8-11,14H2,1-3H3,(H,23,26);9-11H,4-8,12H2,1-3H3;1-6,12H,(H,13,14);;2*1H/t21-;11-;;;;/m11..../s1/i;;;;2*1+1D. The number of amides is 1. The molecule has 0 aromatic heterocycles. The third-order valence-corrected chi connectivity index (χ3v) is 10.8. The molecule has 2 saturated heterocycles. The van der Waals surface area contributed by atoms with E-state index in [2.05, 4.69) is 56.7 Å². The van der Waals surface area contributed by atoms with E-state index in [-0.39, 0.29) is 37.4 Å². The van der Waals surface area contributed by atoms with E-state index in [1.54, 1.807) is 36.4 Å². The van der Waals surface area contributed by atoms with Gasteiger partial charge in [0.15, 0.2) is 0 Å². The molecule has 0 bridgehead atoms. The molecule has 1 amide bonds. The third kappa shape index (κ3) is 13.6. The van der Waals surface area contributed by atoms with E-state index in [0.29, 0.717) is 23.4 Å². The van der Waals surface area contributed by atoms with Crippen LogP contribution in [0.1, 0.15) is 93.9 Å². The zero-order valence-electron chi connectivity index (χ0n) is 37.2. The number of nitrogens with zero attached hydrogens (tertiary/aromatic N) is 2. The van der Waals surface area contributed by atoms with E-state index in [9.17, 15) is 19.8 Å². The van der Waals surface area contributed by atoms with Crippen LogP contribution in [0.15, 0.2) is 72.8 Å². The molecule has 2 atom stereocenters. The number of carboxylic acid groups (broad SMARTS) is 1. The molecule has 4 aromatic rings. The Morgan fingerprint density at radius 3 is 1.56 bits per heavy atom. The number of phenolic OH excluding ortho intramolecular Hbond substituents is 2. The summed E-state index contributed by atoms with van der Waals surface area (Å²) in [6.07, 6.45) is 5.20. The summed E-state index contributed by atoms with van der Waals surface area (Å²) in [5.41, 5.74) is 6.96. The summed E-state index contributed by atoms with van der Waals surface area (Å²) in [7, 11) is 0. The highest BCUT2D eigenvalue weighted by atomic mass is 16.4. The molecule has 54 heavy (non-hydrogen) atoms. The van der Waals surface area contributed by atoms with Gasteiger partial charge in [0.2, 0.25) is 0 Å². The van der Waals surface area contributed by atoms with Crippen LogP contribution < -0.4 is 11.1 Å². The van der Waals surface area contributed by atoms with Gasteiger partial charge < -0.3 is 36.2 Å². The van der Waals surface area contributed by atoms with Gasteiger partial charge in [0.1, 0.15) is 11.5 Å². The minimum absolute atomic E-state index is 0. The summed E-state index contributed by atoms with van der Waals surface area (Å²) in [5, 5.41) is 34.3. The van der Waals surface area contributed by atoms with Gasteiger partial charge in [-0.05, 0) is 146 Å². The van der Waals surface area contributed by atoms with Gasteiger partial charge in [-0.2, -0.15) is 0 Å². The summed E-state index contributed by atoms with van der Waals surface area (Å²) in [5.74, 6) is 2.19. The first-order chi connectivity index (χ1) is 27.2. The van der Waals surface area contributed by atoms with E-state index in [0.717, 1.165) is 59.6 Å². The van der Waals surface area contributed by atoms with Crippen LogP contribution in [-0.2, 0) is 0 Å². The Morgan fingerprint density at radius 2 is 1.11 bits per heavy atom. The van der Waals surface area contributed by atoms with E-state index < -0.39 is 5.97 Å². The number of hydrogen-bond donors (Lipinski definition) is 5. The number of hydrogen-bond acceptors (Lipinski definition) is 7. The molecule has 0 saturated carbocycles. The first kappa shape index (κ1) is 41.1. The summed E-state index contributed by atoms with van der Waals surface area (Å²) in [6.45, 7) is 20.2. The zero-order valence-corrected chi connectivity index (χ0v) is 33.2. The molecule has 2 fully saturated rings. The van der Waals surface area contributed by atoms with Gasteiger partial charge in [0, 0.05) is 45.1 Å². The lowest BCUT2D eigenvalue weighted by Gasteiger charge is -2.34. The van der Waals surface area contributed by atoms with Gasteiger partial charge in [0.25, 0.3) is 5.91 Å². The Labute approximate surface area is 330 Å². The molecule has 0 spiro atoms. The van der Waals surface area contributed by atoms with Gasteiger partial charge >= 0.3 is 5.97 Å². The smallest absolute Gasteiger partial charge is 0.335 e. The lowest BCUT2D eigenvalue weighted by molar-refractivity contribution is 0.0696. The van der Waals surface area contributed by atoms with E-state index in [1.807, 2.05) is 24.3 Å². The number of fused-ring (bicyclic) bond motifs is 2. The van der Waals surface area contributed by atoms with Crippen molar-refractivity contribution in [1.82, 2.24) is 15.1 Å². The number of carbonyl (C=O) groups excluding carboxylic acids is 1. The van der Waals surface area contributed by atoms with Crippen molar-refractivity contribution in [3.8, 4) is 11.5 Å². The van der Waals surface area contributed by atoms with Crippen LogP contribution in [0, 0.1) is 23.7 Å². The van der Waals surface area contributed by atoms with Crippen molar-refractivity contribution in [2.75, 3.05) is 39.3 Å². The fourth-order valence-electron chi connectivity index (χ4n) is 6.69. The molecule has 295 valence electrons. The number of piperidine rings is 2. The molecule has 3 radical (unpaired) electrons. The number of carbonyl (C=O) groups is 2. The molecular formula is C44H66BN4O5. The normalized spacial score (nSPS) is 17.1. The molecule has 10 heteroatoms. The first-order valence-corrected chi connectivity index (χ1v) is 19.4. The molecule has 6 N–H and O–H groups in total. The number of nitrogens with one attached hydrogen (secondary N) is 1. The Morgan fingerprint density at radius 1 is 0.704 bits per heavy atom. The average molecular weight is 746 g/mol. The highest BCUT2D eigenvalue weighted by molar-refractivity contribution is 5.99. The topological polar surface area (TPSA) is 139 Å². The van der Waals surface area contributed by atoms with E-state index >= 15 is 0 Å². The minimum atomic E-state index is -0.944. The van der Waals surface area contributed by atoms with Crippen LogP contribution in [0.25, 0.3) is 21.5 Å². The summed E-state index contributed by atoms with van der Waals surface area (Å²) in [4.78, 5) is 28.4. The Hall–Kier alpha value is -4.12. The number of likely N-dealkylation sites (tertiary alicyclic amines) is 2. The SMILES string of the molecule is CC1CCN(C[C@@H](N)C(C)C)CC1.CC1CCN(C[C@@H](NC(=O)c2ccc3cc(O)ccc3c2)C(C)C)CC1.O=C(O)c1ccc2cc(O)ccc2c1.[2H][2H].[2H][2H].[B]. The summed E-state index contributed by atoms with van der Waals surface area (Å²) in [6, 6.07) is 20.9. The van der Waals surface area contributed by atoms with Gasteiger partial charge in [-0.25, -0.2) is 4.79 Å². The van der Waals surface area contributed by atoms with Crippen molar-refractivity contribution in [2.24, 2.45) is 29.4 Å². The lowest BCUT2D eigenvalue weighted by Crippen LogP contribution is -2.48. The highest BCUT2D eigenvalue weighted by Crippen LogP contribution is 2.23. The zero-order chi connectivity index (χ0) is 42.7. The van der Waals surface area contributed by atoms with Crippen LogP contribution in [0.3, 0.4) is 0 Å². The maximum Gasteiger partial charge on any atom is 0.335 e. The van der Waals surface area contributed by atoms with Gasteiger partial charge in [0.05, 0.1) is 5.56 Å².